The van der Waals surface area contributed by atoms with Crippen LogP contribution in [0.15, 0.2) is 11.1 Å². The van der Waals surface area contributed by atoms with E-state index in [2.05, 4.69) is 15.0 Å². The molecule has 9 nitrogen and oxygen atoms in total. The summed E-state index contributed by atoms with van der Waals surface area (Å²) in [5.41, 5.74) is 7.89. The molecule has 0 aliphatic heterocycles. The molecular weight excluding hydrogens is 264 g/mol. The fraction of sp³-hybridized carbons (Fsp3) is 0.455. The molecular formula is C11H14N6O3. The maximum absolute atomic E-state index is 12.1. The minimum Gasteiger partial charge on any atom is -0.382 e. The summed E-state index contributed by atoms with van der Waals surface area (Å²) >= 11 is 0. The first-order valence-corrected chi connectivity index (χ1v) is 6.26. The Labute approximate surface area is 112 Å². The van der Waals surface area contributed by atoms with Crippen LogP contribution in [0.1, 0.15) is 25.3 Å². The van der Waals surface area contributed by atoms with Gasteiger partial charge in [0.25, 0.3) is 0 Å². The normalized spacial score (nSPS) is 22.2. The Kier molecular flexibility index (Phi) is 2.90. The van der Waals surface area contributed by atoms with Crippen LogP contribution < -0.4 is 16.9 Å². The molecule has 0 radical (unpaired) electrons. The van der Waals surface area contributed by atoms with Gasteiger partial charge in [-0.05, 0) is 19.3 Å². The molecule has 0 bridgehead atoms. The fourth-order valence-corrected chi connectivity index (χ4v) is 2.82. The highest BCUT2D eigenvalue weighted by molar-refractivity contribution is 5.81. The van der Waals surface area contributed by atoms with Crippen LogP contribution in [0.2, 0.25) is 0 Å². The first-order chi connectivity index (χ1) is 9.61. The zero-order chi connectivity index (χ0) is 14.3. The highest BCUT2D eigenvalue weighted by Crippen LogP contribution is 2.35. The van der Waals surface area contributed by atoms with Crippen molar-refractivity contribution < 1.29 is 10.0 Å². The molecule has 0 unspecified atom stereocenters. The summed E-state index contributed by atoms with van der Waals surface area (Å²) in [7, 11) is 0. The van der Waals surface area contributed by atoms with Crippen LogP contribution in [0, 0.1) is 5.92 Å². The molecule has 2 aromatic heterocycles. The number of nitrogens with one attached hydrogen (secondary N) is 2. The van der Waals surface area contributed by atoms with Gasteiger partial charge in [0.05, 0.1) is 0 Å². The van der Waals surface area contributed by atoms with Crippen LogP contribution in [0.5, 0.6) is 0 Å². The number of hydrogen-bond acceptors (Lipinski definition) is 6. The molecule has 1 amide bonds. The average molecular weight is 278 g/mol. The number of nitrogens with two attached hydrogens (primary N) is 1. The predicted molar refractivity (Wildman–Crippen MR) is 68.9 cm³/mol. The summed E-state index contributed by atoms with van der Waals surface area (Å²) in [6.07, 6.45) is 3.04. The highest BCUT2D eigenvalue weighted by Gasteiger charge is 2.32. The maximum atomic E-state index is 12.1. The number of fused-ring (bicyclic) bond motifs is 1. The molecule has 1 fully saturated rings. The number of aromatic nitrogens is 4. The molecule has 1 aliphatic rings. The molecule has 2 atom stereocenters. The van der Waals surface area contributed by atoms with Gasteiger partial charge in [-0.2, -0.15) is 0 Å². The Bertz CT molecular complexity index is 721. The van der Waals surface area contributed by atoms with E-state index in [1.807, 2.05) is 0 Å². The van der Waals surface area contributed by atoms with E-state index in [0.29, 0.717) is 30.4 Å². The quantitative estimate of drug-likeness (QED) is 0.433. The minimum absolute atomic E-state index is 0.146. The van der Waals surface area contributed by atoms with Gasteiger partial charge in [-0.25, -0.2) is 20.2 Å². The van der Waals surface area contributed by atoms with E-state index in [4.69, 9.17) is 10.9 Å². The van der Waals surface area contributed by atoms with E-state index in [1.165, 1.54) is 10.9 Å². The molecule has 0 aromatic carbocycles. The van der Waals surface area contributed by atoms with Crippen LogP contribution in [-0.2, 0) is 4.79 Å². The van der Waals surface area contributed by atoms with Gasteiger partial charge in [-0.1, -0.05) is 0 Å². The largest absolute Gasteiger partial charge is 0.382 e. The molecule has 0 spiro atoms. The first kappa shape index (κ1) is 12.6. The van der Waals surface area contributed by atoms with Crippen molar-refractivity contribution in [3.63, 3.8) is 0 Å². The van der Waals surface area contributed by atoms with Crippen LogP contribution >= 0.6 is 0 Å². The molecule has 106 valence electrons. The van der Waals surface area contributed by atoms with Crippen molar-refractivity contribution in [1.29, 1.82) is 0 Å². The van der Waals surface area contributed by atoms with Gasteiger partial charge in [0.15, 0.2) is 11.5 Å². The SMILES string of the molecule is Nc1ncnc2c1[nH]c(=O)n2[C@@H]1CC[C@@H](C(=O)NO)C1. The van der Waals surface area contributed by atoms with Crippen molar-refractivity contribution in [2.45, 2.75) is 25.3 Å². The van der Waals surface area contributed by atoms with E-state index < -0.39 is 5.91 Å². The molecule has 2 heterocycles. The van der Waals surface area contributed by atoms with E-state index in [-0.39, 0.29) is 23.5 Å². The lowest BCUT2D eigenvalue weighted by molar-refractivity contribution is -0.133. The molecule has 0 saturated heterocycles. The Hall–Kier alpha value is -2.42. The molecule has 2 aromatic rings. The van der Waals surface area contributed by atoms with Crippen LogP contribution in [0.3, 0.4) is 0 Å². The lowest BCUT2D eigenvalue weighted by atomic mass is 10.1. The number of hydroxylamine groups is 1. The number of rotatable bonds is 2. The van der Waals surface area contributed by atoms with E-state index in [1.54, 1.807) is 5.48 Å². The Morgan fingerprint density at radius 1 is 1.50 bits per heavy atom. The number of carbonyl (C=O) groups is 1. The van der Waals surface area contributed by atoms with Crippen molar-refractivity contribution in [1.82, 2.24) is 25.0 Å². The average Bonchev–Trinajstić information content (AvgIpc) is 3.02. The summed E-state index contributed by atoms with van der Waals surface area (Å²) < 4.78 is 1.51. The van der Waals surface area contributed by atoms with Crippen molar-refractivity contribution in [2.24, 2.45) is 5.92 Å². The third-order valence-electron chi connectivity index (χ3n) is 3.79. The first-order valence-electron chi connectivity index (χ1n) is 6.26. The molecule has 20 heavy (non-hydrogen) atoms. The molecule has 5 N–H and O–H groups in total. The van der Waals surface area contributed by atoms with Gasteiger partial charge in [-0.3, -0.25) is 14.6 Å². The summed E-state index contributed by atoms with van der Waals surface area (Å²) in [6, 6.07) is -0.146. The van der Waals surface area contributed by atoms with Crippen LogP contribution in [-0.4, -0.2) is 30.6 Å². The number of aromatic amines is 1. The maximum Gasteiger partial charge on any atom is 0.328 e. The third kappa shape index (κ3) is 1.83. The monoisotopic (exact) mass is 278 g/mol. The van der Waals surface area contributed by atoms with E-state index >= 15 is 0 Å². The number of carbonyl (C=O) groups excluding carboxylic acids is 1. The number of H-pyrrole nitrogens is 1. The third-order valence-corrected chi connectivity index (χ3v) is 3.79. The second-order valence-electron chi connectivity index (χ2n) is 4.90. The van der Waals surface area contributed by atoms with Gasteiger partial charge >= 0.3 is 5.69 Å². The highest BCUT2D eigenvalue weighted by atomic mass is 16.5. The second-order valence-corrected chi connectivity index (χ2v) is 4.90. The Balaban J connectivity index is 2.00. The fourth-order valence-electron chi connectivity index (χ4n) is 2.82. The summed E-state index contributed by atoms with van der Waals surface area (Å²) in [6.45, 7) is 0. The smallest absolute Gasteiger partial charge is 0.328 e. The molecule has 3 rings (SSSR count). The van der Waals surface area contributed by atoms with E-state index in [0.717, 1.165) is 0 Å². The van der Waals surface area contributed by atoms with Gasteiger partial charge in [0.2, 0.25) is 5.91 Å². The second kappa shape index (κ2) is 4.60. The number of anilines is 1. The van der Waals surface area contributed by atoms with Gasteiger partial charge in [0, 0.05) is 12.0 Å². The van der Waals surface area contributed by atoms with Crippen LogP contribution in [0.25, 0.3) is 11.2 Å². The zero-order valence-electron chi connectivity index (χ0n) is 10.5. The van der Waals surface area contributed by atoms with Gasteiger partial charge in [-0.15, -0.1) is 0 Å². The van der Waals surface area contributed by atoms with Gasteiger partial charge < -0.3 is 10.7 Å². The summed E-state index contributed by atoms with van der Waals surface area (Å²) in [4.78, 5) is 34.0. The standard InChI is InChI=1S/C11H14N6O3/c12-8-7-9(14-4-13-8)17(11(19)15-7)6-2-1-5(3-6)10(18)16-20/h4-6,20H,1-3H2,(H,15,19)(H,16,18)(H2,12,13,14)/t5-,6-/m1/s1. The number of amides is 1. The zero-order valence-corrected chi connectivity index (χ0v) is 10.5. The molecule has 1 aliphatic carbocycles. The Morgan fingerprint density at radius 2 is 2.30 bits per heavy atom. The number of imidazole rings is 1. The molecule has 1 saturated carbocycles. The Morgan fingerprint density at radius 3 is 3.05 bits per heavy atom. The van der Waals surface area contributed by atoms with E-state index in [9.17, 15) is 9.59 Å². The molecule has 9 heteroatoms. The summed E-state index contributed by atoms with van der Waals surface area (Å²) in [5, 5.41) is 8.66. The number of nitrogen functional groups attached to an aromatic ring is 1. The van der Waals surface area contributed by atoms with Crippen molar-refractivity contribution in [3.8, 4) is 0 Å². The van der Waals surface area contributed by atoms with Crippen molar-refractivity contribution in [2.75, 3.05) is 5.73 Å². The van der Waals surface area contributed by atoms with Crippen molar-refractivity contribution >= 4 is 22.9 Å². The topological polar surface area (TPSA) is 139 Å². The lowest BCUT2D eigenvalue weighted by Crippen LogP contribution is -2.27. The number of hydrogen-bond donors (Lipinski definition) is 4. The predicted octanol–water partition coefficient (Wildman–Crippen LogP) is -0.452. The number of nitrogens with zero attached hydrogens (tertiary/aromatic N) is 3. The van der Waals surface area contributed by atoms with Crippen LogP contribution in [0.4, 0.5) is 5.82 Å². The lowest BCUT2D eigenvalue weighted by Gasteiger charge is -2.11. The van der Waals surface area contributed by atoms with Gasteiger partial charge in [0.1, 0.15) is 11.8 Å². The van der Waals surface area contributed by atoms with Crippen molar-refractivity contribution in [3.05, 3.63) is 16.8 Å². The summed E-state index contributed by atoms with van der Waals surface area (Å²) in [5.74, 6) is -0.510. The minimum atomic E-state index is -0.422.